The van der Waals surface area contributed by atoms with E-state index in [9.17, 15) is 14.4 Å². The fraction of sp³-hybridized carbons (Fsp3) is 0.462. The molecule has 35 heavy (non-hydrogen) atoms. The van der Waals surface area contributed by atoms with Gasteiger partial charge in [-0.3, -0.25) is 4.79 Å². The summed E-state index contributed by atoms with van der Waals surface area (Å²) < 4.78 is 10.6. The van der Waals surface area contributed by atoms with E-state index in [1.54, 1.807) is 11.0 Å². The summed E-state index contributed by atoms with van der Waals surface area (Å²) in [5.74, 6) is 0.635. The highest BCUT2D eigenvalue weighted by atomic mass is 16.6. The van der Waals surface area contributed by atoms with Gasteiger partial charge in [0, 0.05) is 50.9 Å². The van der Waals surface area contributed by atoms with Crippen LogP contribution in [0.5, 0.6) is 0 Å². The van der Waals surface area contributed by atoms with Gasteiger partial charge >= 0.3 is 12.1 Å². The molecule has 3 fully saturated rings. The number of methoxy groups -OCH3 is 1. The number of carbonyl (C=O) groups excluding carboxylic acids is 3. The number of benzene rings is 1. The summed E-state index contributed by atoms with van der Waals surface area (Å²) in [4.78, 5) is 48.1. The van der Waals surface area contributed by atoms with Crippen LogP contribution in [-0.4, -0.2) is 79.1 Å². The summed E-state index contributed by atoms with van der Waals surface area (Å²) in [6.45, 7) is 3.50. The van der Waals surface area contributed by atoms with Crippen molar-refractivity contribution in [3.63, 3.8) is 0 Å². The molecule has 1 atom stereocenters. The number of nitrogens with zero attached hydrogens (tertiary/aromatic N) is 4. The second-order valence-electron chi connectivity index (χ2n) is 9.84. The van der Waals surface area contributed by atoms with Crippen LogP contribution in [0.3, 0.4) is 0 Å². The van der Waals surface area contributed by atoms with Crippen molar-refractivity contribution in [2.75, 3.05) is 51.3 Å². The van der Waals surface area contributed by atoms with E-state index in [-0.39, 0.29) is 18.0 Å². The Morgan fingerprint density at radius 2 is 1.74 bits per heavy atom. The van der Waals surface area contributed by atoms with Gasteiger partial charge in [-0.25, -0.2) is 14.6 Å². The van der Waals surface area contributed by atoms with Crippen LogP contribution >= 0.6 is 0 Å². The molecule has 6 rings (SSSR count). The number of amides is 2. The number of hydrogen-bond acceptors (Lipinski definition) is 7. The molecule has 2 aromatic rings. The lowest BCUT2D eigenvalue weighted by Crippen LogP contribution is -2.49. The second-order valence-corrected chi connectivity index (χ2v) is 9.84. The summed E-state index contributed by atoms with van der Waals surface area (Å²) in [7, 11) is 1.39. The van der Waals surface area contributed by atoms with Gasteiger partial charge in [-0.1, -0.05) is 24.3 Å². The number of carbonyl (C=O) groups is 3. The number of pyridine rings is 1. The average molecular weight is 477 g/mol. The minimum Gasteiger partial charge on any atom is -0.453 e. The van der Waals surface area contributed by atoms with Crippen molar-refractivity contribution >= 4 is 23.8 Å². The molecule has 1 aliphatic carbocycles. The number of rotatable bonds is 3. The molecule has 2 saturated heterocycles. The molecule has 2 amide bonds. The van der Waals surface area contributed by atoms with E-state index in [1.165, 1.54) is 7.11 Å². The fourth-order valence-electron chi connectivity index (χ4n) is 5.76. The first-order chi connectivity index (χ1) is 17.0. The molecule has 182 valence electrons. The summed E-state index contributed by atoms with van der Waals surface area (Å²) in [6, 6.07) is 11.5. The molecule has 9 nitrogen and oxygen atoms in total. The Labute approximate surface area is 203 Å². The smallest absolute Gasteiger partial charge is 0.409 e. The van der Waals surface area contributed by atoms with Crippen LogP contribution in [0.15, 0.2) is 42.6 Å². The molecule has 1 spiro atoms. The molecular weight excluding hydrogens is 448 g/mol. The van der Waals surface area contributed by atoms with Gasteiger partial charge in [0.1, 0.15) is 5.82 Å². The Morgan fingerprint density at radius 3 is 2.43 bits per heavy atom. The third-order valence-electron chi connectivity index (χ3n) is 7.94. The number of aromatic nitrogens is 1. The monoisotopic (exact) mass is 476 g/mol. The summed E-state index contributed by atoms with van der Waals surface area (Å²) in [5.41, 5.74) is 1.17. The molecule has 4 heterocycles. The Bertz CT molecular complexity index is 1190. The third kappa shape index (κ3) is 3.44. The van der Waals surface area contributed by atoms with E-state index < -0.39 is 11.0 Å². The van der Waals surface area contributed by atoms with Gasteiger partial charge in [-0.15, -0.1) is 0 Å². The average Bonchev–Trinajstić information content (AvgIpc) is 3.54. The molecule has 0 bridgehead atoms. The number of fused-ring (bicyclic) bond motifs is 2. The van der Waals surface area contributed by atoms with Gasteiger partial charge in [0.25, 0.3) is 0 Å². The van der Waals surface area contributed by atoms with Crippen molar-refractivity contribution in [1.29, 1.82) is 0 Å². The van der Waals surface area contributed by atoms with E-state index in [0.717, 1.165) is 29.8 Å². The highest BCUT2D eigenvalue weighted by molar-refractivity contribution is 5.96. The summed E-state index contributed by atoms with van der Waals surface area (Å²) in [5, 5.41) is 0. The van der Waals surface area contributed by atoms with Crippen molar-refractivity contribution < 1.29 is 23.9 Å². The minimum atomic E-state index is -0.728. The number of piperazine rings is 1. The van der Waals surface area contributed by atoms with Gasteiger partial charge in [0.2, 0.25) is 5.91 Å². The molecule has 1 unspecified atom stereocenters. The van der Waals surface area contributed by atoms with Gasteiger partial charge in [0.05, 0.1) is 24.6 Å². The Kier molecular flexibility index (Phi) is 4.98. The lowest BCUT2D eigenvalue weighted by Gasteiger charge is -2.34. The first kappa shape index (κ1) is 21.9. The quantitative estimate of drug-likeness (QED) is 0.628. The topological polar surface area (TPSA) is 92.3 Å². The minimum absolute atomic E-state index is 0.0936. The second kappa shape index (κ2) is 7.96. The van der Waals surface area contributed by atoms with Crippen molar-refractivity contribution in [2.45, 2.75) is 30.3 Å². The normalized spacial score (nSPS) is 24.4. The first-order valence-electron chi connectivity index (χ1n) is 12.1. The van der Waals surface area contributed by atoms with Gasteiger partial charge in [0.15, 0.2) is 5.60 Å². The van der Waals surface area contributed by atoms with Crippen LogP contribution in [-0.2, 0) is 25.3 Å². The van der Waals surface area contributed by atoms with E-state index in [1.807, 2.05) is 41.4 Å². The van der Waals surface area contributed by atoms with Crippen LogP contribution in [0.2, 0.25) is 0 Å². The predicted octanol–water partition coefficient (Wildman–Crippen LogP) is 2.30. The fourth-order valence-corrected chi connectivity index (χ4v) is 5.76. The molecular formula is C26H28N4O5. The highest BCUT2D eigenvalue weighted by Crippen LogP contribution is 2.52. The summed E-state index contributed by atoms with van der Waals surface area (Å²) >= 11 is 0. The van der Waals surface area contributed by atoms with Gasteiger partial charge in [-0.2, -0.15) is 0 Å². The molecule has 3 aliphatic heterocycles. The number of anilines is 1. The molecule has 9 heteroatoms. The van der Waals surface area contributed by atoms with Crippen molar-refractivity contribution in [1.82, 2.24) is 14.8 Å². The van der Waals surface area contributed by atoms with Crippen molar-refractivity contribution in [3.05, 3.63) is 59.3 Å². The lowest BCUT2D eigenvalue weighted by molar-refractivity contribution is -0.134. The first-order valence-corrected chi connectivity index (χ1v) is 12.1. The van der Waals surface area contributed by atoms with Crippen LogP contribution < -0.4 is 4.90 Å². The van der Waals surface area contributed by atoms with E-state index in [0.29, 0.717) is 51.3 Å². The van der Waals surface area contributed by atoms with Gasteiger partial charge < -0.3 is 24.2 Å². The van der Waals surface area contributed by atoms with E-state index >= 15 is 0 Å². The van der Waals surface area contributed by atoms with Crippen molar-refractivity contribution in [3.8, 4) is 0 Å². The Balaban J connectivity index is 1.15. The summed E-state index contributed by atoms with van der Waals surface area (Å²) in [6.07, 6.45) is 3.73. The zero-order valence-electron chi connectivity index (χ0n) is 19.7. The largest absolute Gasteiger partial charge is 0.453 e. The van der Waals surface area contributed by atoms with Crippen LogP contribution in [0.4, 0.5) is 10.6 Å². The molecule has 4 aliphatic rings. The maximum absolute atomic E-state index is 13.7. The molecule has 1 saturated carbocycles. The molecule has 0 N–H and O–H groups in total. The number of hydrogen-bond donors (Lipinski definition) is 0. The standard InChI is InChI=1S/C26H28N4O5/c1-34-24(33)29-14-12-28(13-15-29)21-7-6-18(16-27-21)25(8-9-25)23(32)30-11-10-26(17-30)20-5-3-2-4-19(20)22(31)35-26/h2-7,16H,8-15,17H2,1H3. The highest BCUT2D eigenvalue weighted by Gasteiger charge is 2.57. The van der Waals surface area contributed by atoms with Gasteiger partial charge in [-0.05, 0) is 30.5 Å². The van der Waals surface area contributed by atoms with Crippen LogP contribution in [0.25, 0.3) is 0 Å². The number of likely N-dealkylation sites (tertiary alicyclic amines) is 1. The van der Waals surface area contributed by atoms with Crippen molar-refractivity contribution in [2.24, 2.45) is 0 Å². The lowest BCUT2D eigenvalue weighted by atomic mass is 9.91. The SMILES string of the molecule is COC(=O)N1CCN(c2ccc(C3(C(=O)N4CCC5(C4)OC(=O)c4ccccc45)CC3)cn2)CC1. The zero-order chi connectivity index (χ0) is 24.2. The Morgan fingerprint density at radius 1 is 0.971 bits per heavy atom. The molecule has 1 aromatic heterocycles. The van der Waals surface area contributed by atoms with E-state index in [2.05, 4.69) is 9.88 Å². The predicted molar refractivity (Wildman–Crippen MR) is 126 cm³/mol. The third-order valence-corrected chi connectivity index (χ3v) is 7.94. The number of esters is 1. The maximum atomic E-state index is 13.7. The zero-order valence-corrected chi connectivity index (χ0v) is 19.7. The van der Waals surface area contributed by atoms with E-state index in [4.69, 9.17) is 9.47 Å². The Hall–Kier alpha value is -3.62. The van der Waals surface area contributed by atoms with Crippen LogP contribution in [0, 0.1) is 0 Å². The maximum Gasteiger partial charge on any atom is 0.409 e. The number of ether oxygens (including phenoxy) is 2. The molecule has 0 radical (unpaired) electrons. The van der Waals surface area contributed by atoms with Crippen LogP contribution in [0.1, 0.15) is 40.7 Å². The molecule has 1 aromatic carbocycles.